The number of nitrogens with one attached hydrogen (secondary N) is 1. The minimum atomic E-state index is 0.229. The molecule has 1 aromatic carbocycles. The van der Waals surface area contributed by atoms with Crippen molar-refractivity contribution in [3.05, 3.63) is 47.0 Å². The highest BCUT2D eigenvalue weighted by atomic mass is 16.2. The van der Waals surface area contributed by atoms with Crippen molar-refractivity contribution in [3.8, 4) is 0 Å². The van der Waals surface area contributed by atoms with E-state index in [1.807, 2.05) is 18.7 Å². The van der Waals surface area contributed by atoms with Crippen LogP contribution >= 0.6 is 0 Å². The summed E-state index contributed by atoms with van der Waals surface area (Å²) in [5, 5.41) is 3.35. The minimum Gasteiger partial charge on any atom is -0.339 e. The molecule has 3 nitrogen and oxygen atoms in total. The lowest BCUT2D eigenvalue weighted by Gasteiger charge is -2.26. The van der Waals surface area contributed by atoms with E-state index >= 15 is 0 Å². The minimum absolute atomic E-state index is 0.229. The summed E-state index contributed by atoms with van der Waals surface area (Å²) in [4.78, 5) is 14.6. The van der Waals surface area contributed by atoms with Gasteiger partial charge in [0.1, 0.15) is 0 Å². The van der Waals surface area contributed by atoms with Gasteiger partial charge in [-0.05, 0) is 51.6 Å². The predicted octanol–water partition coefficient (Wildman–Crippen LogP) is 3.17. The molecular weight excluding hydrogens is 272 g/mol. The average Bonchev–Trinajstić information content (AvgIpc) is 2.57. The third kappa shape index (κ3) is 4.44. The lowest BCUT2D eigenvalue weighted by molar-refractivity contribution is -0.127. The van der Waals surface area contributed by atoms with Crippen LogP contribution in [0.2, 0.25) is 0 Å². The molecule has 120 valence electrons. The van der Waals surface area contributed by atoms with Gasteiger partial charge in [0.25, 0.3) is 5.91 Å². The van der Waals surface area contributed by atoms with Crippen LogP contribution in [-0.4, -0.2) is 37.0 Å². The first kappa shape index (κ1) is 16.8. The molecule has 3 heteroatoms. The van der Waals surface area contributed by atoms with Crippen molar-refractivity contribution in [2.45, 2.75) is 39.5 Å². The Labute approximate surface area is 134 Å². The number of hydrogen-bond acceptors (Lipinski definition) is 2. The molecule has 1 heterocycles. The van der Waals surface area contributed by atoms with E-state index in [9.17, 15) is 4.79 Å². The van der Waals surface area contributed by atoms with E-state index in [-0.39, 0.29) is 5.91 Å². The number of benzene rings is 1. The summed E-state index contributed by atoms with van der Waals surface area (Å²) < 4.78 is 0. The Balaban J connectivity index is 1.99. The number of rotatable bonds is 7. The van der Waals surface area contributed by atoms with Crippen LogP contribution in [0.15, 0.2) is 41.5 Å². The molecule has 0 radical (unpaired) electrons. The van der Waals surface area contributed by atoms with Crippen LogP contribution in [0.25, 0.3) is 0 Å². The van der Waals surface area contributed by atoms with Crippen LogP contribution in [0, 0.1) is 0 Å². The van der Waals surface area contributed by atoms with Gasteiger partial charge in [-0.3, -0.25) is 4.79 Å². The Morgan fingerprint density at radius 2 is 1.86 bits per heavy atom. The summed E-state index contributed by atoms with van der Waals surface area (Å²) >= 11 is 0. The second-order valence-corrected chi connectivity index (χ2v) is 5.83. The first-order chi connectivity index (χ1) is 10.8. The predicted molar refractivity (Wildman–Crippen MR) is 91.8 cm³/mol. The molecule has 1 N–H and O–H groups in total. The van der Waals surface area contributed by atoms with E-state index in [2.05, 4.69) is 35.6 Å². The molecule has 1 aromatic rings. The third-order valence-electron chi connectivity index (χ3n) is 4.43. The van der Waals surface area contributed by atoms with E-state index in [1.54, 1.807) is 0 Å². The van der Waals surface area contributed by atoms with Gasteiger partial charge in [-0.15, -0.1) is 0 Å². The van der Waals surface area contributed by atoms with E-state index in [4.69, 9.17) is 0 Å². The first-order valence-corrected chi connectivity index (χ1v) is 8.51. The highest BCUT2D eigenvalue weighted by Crippen LogP contribution is 2.21. The van der Waals surface area contributed by atoms with Gasteiger partial charge in [-0.2, -0.15) is 0 Å². The molecule has 1 aliphatic heterocycles. The average molecular weight is 300 g/mol. The summed E-state index contributed by atoms with van der Waals surface area (Å²) in [7, 11) is 0. The number of aryl methyl sites for hydroxylation is 1. The number of amides is 1. The quantitative estimate of drug-likeness (QED) is 0.839. The van der Waals surface area contributed by atoms with Gasteiger partial charge in [0.05, 0.1) is 0 Å². The second kappa shape index (κ2) is 8.74. The monoisotopic (exact) mass is 300 g/mol. The molecule has 0 unspecified atom stereocenters. The maximum Gasteiger partial charge on any atom is 0.251 e. The fourth-order valence-corrected chi connectivity index (χ4v) is 3.08. The number of carbonyl (C=O) groups excluding carboxylic acids is 1. The van der Waals surface area contributed by atoms with Gasteiger partial charge in [-0.25, -0.2) is 0 Å². The Kier molecular flexibility index (Phi) is 6.66. The summed E-state index contributed by atoms with van der Waals surface area (Å²) in [5.74, 6) is 0.229. The highest BCUT2D eigenvalue weighted by Gasteiger charge is 2.21. The normalized spacial score (nSPS) is 15.0. The smallest absolute Gasteiger partial charge is 0.251 e. The van der Waals surface area contributed by atoms with Gasteiger partial charge in [0.2, 0.25) is 0 Å². The lowest BCUT2D eigenvalue weighted by atomic mass is 9.94. The highest BCUT2D eigenvalue weighted by molar-refractivity contribution is 5.94. The van der Waals surface area contributed by atoms with E-state index in [0.717, 1.165) is 57.4 Å². The lowest BCUT2D eigenvalue weighted by Crippen LogP contribution is -2.38. The van der Waals surface area contributed by atoms with Gasteiger partial charge in [-0.1, -0.05) is 35.9 Å². The van der Waals surface area contributed by atoms with Crippen molar-refractivity contribution in [1.29, 1.82) is 0 Å². The fourth-order valence-electron chi connectivity index (χ4n) is 3.08. The van der Waals surface area contributed by atoms with Crippen molar-refractivity contribution < 1.29 is 4.79 Å². The van der Waals surface area contributed by atoms with Crippen molar-refractivity contribution in [3.63, 3.8) is 0 Å². The summed E-state index contributed by atoms with van der Waals surface area (Å²) in [6, 6.07) is 10.6. The fraction of sp³-hybridized carbons (Fsp3) is 0.526. The van der Waals surface area contributed by atoms with Crippen LogP contribution in [0.3, 0.4) is 0 Å². The number of nitrogens with zero attached hydrogens (tertiary/aromatic N) is 1. The van der Waals surface area contributed by atoms with Crippen LogP contribution in [0.4, 0.5) is 0 Å². The molecule has 0 fully saturated rings. The Bertz CT molecular complexity index is 503. The second-order valence-electron chi connectivity index (χ2n) is 5.83. The molecule has 0 bridgehead atoms. The van der Waals surface area contributed by atoms with Crippen LogP contribution in [0.5, 0.6) is 0 Å². The van der Waals surface area contributed by atoms with E-state index < -0.39 is 0 Å². The first-order valence-electron chi connectivity index (χ1n) is 8.51. The van der Waals surface area contributed by atoms with E-state index in [1.165, 1.54) is 11.1 Å². The molecule has 0 aromatic heterocycles. The Hall–Kier alpha value is -1.61. The third-order valence-corrected chi connectivity index (χ3v) is 4.43. The number of hydrogen-bond donors (Lipinski definition) is 1. The topological polar surface area (TPSA) is 32.3 Å². The zero-order valence-corrected chi connectivity index (χ0v) is 13.9. The van der Waals surface area contributed by atoms with Gasteiger partial charge < -0.3 is 10.2 Å². The standard InChI is InChI=1S/C19H28N2O/c1-3-21(4-2)19(22)18-15-20-14-13-17(18)12-8-11-16-9-6-5-7-10-16/h5-7,9-10,20H,3-4,8,11-15H2,1-2H3. The largest absolute Gasteiger partial charge is 0.339 e. The van der Waals surface area contributed by atoms with Gasteiger partial charge >= 0.3 is 0 Å². The van der Waals surface area contributed by atoms with Crippen LogP contribution in [0.1, 0.15) is 38.7 Å². The Morgan fingerprint density at radius 1 is 1.14 bits per heavy atom. The maximum absolute atomic E-state index is 12.6. The molecule has 0 saturated heterocycles. The van der Waals surface area contributed by atoms with Crippen molar-refractivity contribution in [1.82, 2.24) is 10.2 Å². The number of likely N-dealkylation sites (N-methyl/N-ethyl adjacent to an activating group) is 1. The summed E-state index contributed by atoms with van der Waals surface area (Å²) in [5.41, 5.74) is 3.77. The molecule has 0 spiro atoms. The van der Waals surface area contributed by atoms with Crippen molar-refractivity contribution in [2.24, 2.45) is 0 Å². The zero-order chi connectivity index (χ0) is 15.8. The number of carbonyl (C=O) groups is 1. The van der Waals surface area contributed by atoms with E-state index in [0.29, 0.717) is 0 Å². The Morgan fingerprint density at radius 3 is 2.55 bits per heavy atom. The molecule has 0 aliphatic carbocycles. The van der Waals surface area contributed by atoms with Gasteiger partial charge in [0, 0.05) is 25.2 Å². The summed E-state index contributed by atoms with van der Waals surface area (Å²) in [6.45, 7) is 7.40. The zero-order valence-electron chi connectivity index (χ0n) is 13.9. The SMILES string of the molecule is CCN(CC)C(=O)C1=C(CCCc2ccccc2)CCNC1. The van der Waals surface area contributed by atoms with Gasteiger partial charge in [0.15, 0.2) is 0 Å². The molecule has 1 amide bonds. The summed E-state index contributed by atoms with van der Waals surface area (Å²) in [6.07, 6.45) is 4.26. The molecule has 0 saturated carbocycles. The van der Waals surface area contributed by atoms with Crippen molar-refractivity contribution >= 4 is 5.91 Å². The molecule has 2 rings (SSSR count). The molecular formula is C19H28N2O. The van der Waals surface area contributed by atoms with Crippen LogP contribution in [-0.2, 0) is 11.2 Å². The molecule has 22 heavy (non-hydrogen) atoms. The van der Waals surface area contributed by atoms with Crippen LogP contribution < -0.4 is 5.32 Å². The maximum atomic E-state index is 12.6. The van der Waals surface area contributed by atoms with Crippen molar-refractivity contribution in [2.75, 3.05) is 26.2 Å². The molecule has 0 atom stereocenters. The molecule has 1 aliphatic rings.